The summed E-state index contributed by atoms with van der Waals surface area (Å²) in [4.78, 5) is 12.4. The van der Waals surface area contributed by atoms with Crippen molar-refractivity contribution in [3.8, 4) is 0 Å². The van der Waals surface area contributed by atoms with Crippen molar-refractivity contribution in [2.45, 2.75) is 17.7 Å². The maximum absolute atomic E-state index is 13.7. The van der Waals surface area contributed by atoms with E-state index in [9.17, 15) is 22.0 Å². The highest BCUT2D eigenvalue weighted by Crippen LogP contribution is 2.26. The quantitative estimate of drug-likeness (QED) is 0.830. The fraction of sp³-hybridized carbons (Fsp3) is 0.278. The van der Waals surface area contributed by atoms with Crippen LogP contribution in [0, 0.1) is 17.6 Å². The molecule has 1 amide bonds. The lowest BCUT2D eigenvalue weighted by molar-refractivity contribution is -0.120. The zero-order valence-corrected chi connectivity index (χ0v) is 15.7. The van der Waals surface area contributed by atoms with Gasteiger partial charge in [-0.3, -0.25) is 4.79 Å². The molecule has 0 radical (unpaired) electrons. The largest absolute Gasteiger partial charge is 0.323 e. The number of piperidine rings is 1. The Kier molecular flexibility index (Phi) is 5.78. The van der Waals surface area contributed by atoms with E-state index in [0.717, 1.165) is 18.2 Å². The molecule has 2 aromatic carbocycles. The molecule has 144 valence electrons. The second-order valence-corrected chi connectivity index (χ2v) is 8.62. The summed E-state index contributed by atoms with van der Waals surface area (Å²) in [5.74, 6) is -2.32. The minimum Gasteiger partial charge on any atom is -0.323 e. The smallest absolute Gasteiger partial charge is 0.243 e. The van der Waals surface area contributed by atoms with Crippen LogP contribution >= 0.6 is 11.6 Å². The summed E-state index contributed by atoms with van der Waals surface area (Å²) in [5.41, 5.74) is -0.226. The first-order valence-corrected chi connectivity index (χ1v) is 10.1. The summed E-state index contributed by atoms with van der Waals surface area (Å²) < 4.78 is 53.4. The van der Waals surface area contributed by atoms with E-state index in [1.807, 2.05) is 0 Å². The average molecular weight is 415 g/mol. The number of nitrogens with one attached hydrogen (secondary N) is 1. The SMILES string of the molecule is O=C(Nc1cc(F)ccc1F)C1CCN(S(=O)(=O)c2ccc(Cl)cc2)CC1. The van der Waals surface area contributed by atoms with E-state index in [1.54, 1.807) is 0 Å². The van der Waals surface area contributed by atoms with Gasteiger partial charge in [-0.25, -0.2) is 17.2 Å². The second-order valence-electron chi connectivity index (χ2n) is 6.25. The molecule has 2 aromatic rings. The van der Waals surface area contributed by atoms with Gasteiger partial charge in [-0.1, -0.05) is 11.6 Å². The Balaban J connectivity index is 1.63. The summed E-state index contributed by atoms with van der Waals surface area (Å²) in [6, 6.07) is 8.68. The molecule has 1 aliphatic heterocycles. The van der Waals surface area contributed by atoms with Gasteiger partial charge in [0, 0.05) is 30.1 Å². The van der Waals surface area contributed by atoms with Crippen molar-refractivity contribution >= 4 is 33.2 Å². The molecular formula is C18H17ClF2N2O3S. The van der Waals surface area contributed by atoms with Crippen LogP contribution in [0.15, 0.2) is 47.4 Å². The maximum atomic E-state index is 13.7. The zero-order valence-electron chi connectivity index (χ0n) is 14.2. The number of carbonyl (C=O) groups is 1. The van der Waals surface area contributed by atoms with Crippen molar-refractivity contribution in [2.75, 3.05) is 18.4 Å². The predicted octanol–water partition coefficient (Wildman–Crippen LogP) is 3.66. The van der Waals surface area contributed by atoms with E-state index in [4.69, 9.17) is 11.6 Å². The molecule has 9 heteroatoms. The molecule has 0 bridgehead atoms. The van der Waals surface area contributed by atoms with Gasteiger partial charge < -0.3 is 5.32 Å². The monoisotopic (exact) mass is 414 g/mol. The first kappa shape index (κ1) is 19.7. The molecule has 1 fully saturated rings. The second kappa shape index (κ2) is 7.92. The van der Waals surface area contributed by atoms with Crippen LogP contribution < -0.4 is 5.32 Å². The Morgan fingerprint density at radius 3 is 2.33 bits per heavy atom. The topological polar surface area (TPSA) is 66.5 Å². The van der Waals surface area contributed by atoms with Crippen LogP contribution in [0.1, 0.15) is 12.8 Å². The van der Waals surface area contributed by atoms with Crippen molar-refractivity contribution in [3.63, 3.8) is 0 Å². The molecule has 0 aromatic heterocycles. The van der Waals surface area contributed by atoms with Gasteiger partial charge in [-0.2, -0.15) is 4.31 Å². The lowest BCUT2D eigenvalue weighted by Gasteiger charge is -2.30. The van der Waals surface area contributed by atoms with Gasteiger partial charge in [0.25, 0.3) is 0 Å². The van der Waals surface area contributed by atoms with E-state index in [-0.39, 0.29) is 36.5 Å². The van der Waals surface area contributed by atoms with Crippen molar-refractivity contribution in [3.05, 3.63) is 59.1 Å². The van der Waals surface area contributed by atoms with E-state index in [0.29, 0.717) is 5.02 Å². The van der Waals surface area contributed by atoms with E-state index >= 15 is 0 Å². The number of amides is 1. The molecule has 0 unspecified atom stereocenters. The van der Waals surface area contributed by atoms with Crippen LogP contribution in [0.3, 0.4) is 0 Å². The minimum atomic E-state index is -3.67. The van der Waals surface area contributed by atoms with Gasteiger partial charge >= 0.3 is 0 Å². The molecule has 1 saturated heterocycles. The van der Waals surface area contributed by atoms with Crippen LogP contribution in [0.5, 0.6) is 0 Å². The maximum Gasteiger partial charge on any atom is 0.243 e. The lowest BCUT2D eigenvalue weighted by atomic mass is 9.97. The molecule has 3 rings (SSSR count). The highest BCUT2D eigenvalue weighted by molar-refractivity contribution is 7.89. The number of benzene rings is 2. The third kappa shape index (κ3) is 4.45. The Morgan fingerprint density at radius 2 is 1.70 bits per heavy atom. The van der Waals surface area contributed by atoms with Gasteiger partial charge in [0.05, 0.1) is 10.6 Å². The first-order chi connectivity index (χ1) is 12.8. The zero-order chi connectivity index (χ0) is 19.6. The van der Waals surface area contributed by atoms with Gasteiger partial charge in [-0.05, 0) is 49.2 Å². The van der Waals surface area contributed by atoms with Gasteiger partial charge in [0.1, 0.15) is 11.6 Å². The number of halogens is 3. The Morgan fingerprint density at radius 1 is 1.07 bits per heavy atom. The first-order valence-electron chi connectivity index (χ1n) is 8.29. The predicted molar refractivity (Wildman–Crippen MR) is 97.9 cm³/mol. The minimum absolute atomic E-state index is 0.136. The van der Waals surface area contributed by atoms with E-state index in [2.05, 4.69) is 5.32 Å². The molecule has 5 nitrogen and oxygen atoms in total. The summed E-state index contributed by atoms with van der Waals surface area (Å²) in [6.45, 7) is 0.323. The van der Waals surface area contributed by atoms with Crippen molar-refractivity contribution < 1.29 is 22.0 Å². The number of anilines is 1. The van der Waals surface area contributed by atoms with E-state index in [1.165, 1.54) is 28.6 Å². The van der Waals surface area contributed by atoms with Crippen molar-refractivity contribution in [2.24, 2.45) is 5.92 Å². The number of sulfonamides is 1. The van der Waals surface area contributed by atoms with Crippen LogP contribution in [0.25, 0.3) is 0 Å². The summed E-state index contributed by atoms with van der Waals surface area (Å²) in [5, 5.41) is 2.81. The molecule has 0 aliphatic carbocycles. The summed E-state index contributed by atoms with van der Waals surface area (Å²) in [7, 11) is -3.67. The lowest BCUT2D eigenvalue weighted by Crippen LogP contribution is -2.41. The molecule has 1 heterocycles. The third-order valence-corrected chi connectivity index (χ3v) is 6.63. The molecule has 0 atom stereocenters. The van der Waals surface area contributed by atoms with Crippen LogP contribution in [-0.4, -0.2) is 31.7 Å². The van der Waals surface area contributed by atoms with Crippen LogP contribution in [-0.2, 0) is 14.8 Å². The molecule has 1 aliphatic rings. The number of hydrogen-bond acceptors (Lipinski definition) is 3. The number of hydrogen-bond donors (Lipinski definition) is 1. The highest BCUT2D eigenvalue weighted by Gasteiger charge is 2.32. The normalized spacial score (nSPS) is 16.3. The Labute approximate surface area is 161 Å². The number of carbonyl (C=O) groups excluding carboxylic acids is 1. The molecule has 0 saturated carbocycles. The van der Waals surface area contributed by atoms with E-state index < -0.39 is 33.5 Å². The Bertz CT molecular complexity index is 944. The highest BCUT2D eigenvalue weighted by atomic mass is 35.5. The molecule has 0 spiro atoms. The Hall–Kier alpha value is -2.03. The third-order valence-electron chi connectivity index (χ3n) is 4.46. The fourth-order valence-corrected chi connectivity index (χ4v) is 4.54. The molecule has 1 N–H and O–H groups in total. The fourth-order valence-electron chi connectivity index (χ4n) is 2.94. The number of nitrogens with zero attached hydrogens (tertiary/aromatic N) is 1. The summed E-state index contributed by atoms with van der Waals surface area (Å²) >= 11 is 5.79. The van der Waals surface area contributed by atoms with Crippen LogP contribution in [0.4, 0.5) is 14.5 Å². The average Bonchev–Trinajstić information content (AvgIpc) is 2.65. The molecular weight excluding hydrogens is 398 g/mol. The molecule has 27 heavy (non-hydrogen) atoms. The van der Waals surface area contributed by atoms with Crippen molar-refractivity contribution in [1.29, 1.82) is 0 Å². The standard InChI is InChI=1S/C18H17ClF2N2O3S/c19-13-1-4-15(5-2-13)27(25,26)23-9-7-12(8-10-23)18(24)22-17-11-14(20)3-6-16(17)21/h1-6,11-12H,7-10H2,(H,22,24). The summed E-state index contributed by atoms with van der Waals surface area (Å²) in [6.07, 6.45) is 0.575. The number of rotatable bonds is 4. The van der Waals surface area contributed by atoms with Crippen LogP contribution in [0.2, 0.25) is 5.02 Å². The van der Waals surface area contributed by atoms with Gasteiger partial charge in [-0.15, -0.1) is 0 Å². The van der Waals surface area contributed by atoms with Gasteiger partial charge in [0.2, 0.25) is 15.9 Å². The van der Waals surface area contributed by atoms with Crippen molar-refractivity contribution in [1.82, 2.24) is 4.31 Å². The van der Waals surface area contributed by atoms with Gasteiger partial charge in [0.15, 0.2) is 0 Å².